The first-order valence-corrected chi connectivity index (χ1v) is 6.99. The normalized spacial score (nSPS) is 19.1. The van der Waals surface area contributed by atoms with E-state index in [0.29, 0.717) is 0 Å². The Morgan fingerprint density at radius 1 is 1.29 bits per heavy atom. The van der Waals surface area contributed by atoms with Gasteiger partial charge in [-0.1, -0.05) is 44.7 Å². The highest BCUT2D eigenvalue weighted by atomic mass is 19.1. The molecule has 1 atom stereocenters. The van der Waals surface area contributed by atoms with Gasteiger partial charge in [0.25, 0.3) is 0 Å². The maximum atomic E-state index is 13.9. The highest BCUT2D eigenvalue weighted by Gasteiger charge is 2.21. The molecule has 1 aromatic carbocycles. The summed E-state index contributed by atoms with van der Waals surface area (Å²) in [5.41, 5.74) is 3.06. The zero-order valence-electron chi connectivity index (χ0n) is 11.1. The minimum atomic E-state index is 0.0505. The van der Waals surface area contributed by atoms with Crippen LogP contribution in [0.4, 0.5) is 4.39 Å². The summed E-state index contributed by atoms with van der Waals surface area (Å²) in [4.78, 5) is 0. The first-order chi connectivity index (χ1) is 8.22. The number of halogens is 1. The van der Waals surface area contributed by atoms with Crippen molar-refractivity contribution in [1.29, 1.82) is 0 Å². The summed E-state index contributed by atoms with van der Waals surface area (Å²) >= 11 is 0. The van der Waals surface area contributed by atoms with Crippen LogP contribution in [0.25, 0.3) is 0 Å². The van der Waals surface area contributed by atoms with E-state index in [1.54, 1.807) is 0 Å². The Morgan fingerprint density at radius 3 is 2.88 bits per heavy atom. The quantitative estimate of drug-likeness (QED) is 0.655. The molecule has 0 bridgehead atoms. The number of unbranched alkanes of at least 4 members (excludes halogenated alkanes) is 2. The summed E-state index contributed by atoms with van der Waals surface area (Å²) in [6.45, 7) is 4.11. The second-order valence-electron chi connectivity index (χ2n) is 5.44. The van der Waals surface area contributed by atoms with Crippen molar-refractivity contribution in [2.75, 3.05) is 0 Å². The summed E-state index contributed by atoms with van der Waals surface area (Å²) in [6, 6.07) is 4.07. The molecule has 2 rings (SSSR count). The molecular formula is C16H23F. The molecule has 1 aromatic rings. The van der Waals surface area contributed by atoms with Crippen LogP contribution in [0.5, 0.6) is 0 Å². The second kappa shape index (κ2) is 5.66. The van der Waals surface area contributed by atoms with Crippen LogP contribution in [0.3, 0.4) is 0 Å². The fourth-order valence-electron chi connectivity index (χ4n) is 2.93. The van der Waals surface area contributed by atoms with Gasteiger partial charge in [0.2, 0.25) is 0 Å². The Kier molecular flexibility index (Phi) is 4.20. The third kappa shape index (κ3) is 2.88. The van der Waals surface area contributed by atoms with Gasteiger partial charge in [-0.05, 0) is 48.8 Å². The molecule has 0 aromatic heterocycles. The van der Waals surface area contributed by atoms with Gasteiger partial charge in [0.1, 0.15) is 5.82 Å². The van der Waals surface area contributed by atoms with Gasteiger partial charge in [0.15, 0.2) is 0 Å². The monoisotopic (exact) mass is 234 g/mol. The lowest BCUT2D eigenvalue weighted by Gasteiger charge is -2.25. The maximum Gasteiger partial charge on any atom is 0.129 e. The summed E-state index contributed by atoms with van der Waals surface area (Å²) in [6.07, 6.45) is 8.50. The first kappa shape index (κ1) is 12.6. The largest absolute Gasteiger partial charge is 0.206 e. The van der Waals surface area contributed by atoms with E-state index in [9.17, 15) is 4.39 Å². The van der Waals surface area contributed by atoms with E-state index >= 15 is 0 Å². The van der Waals surface area contributed by atoms with Gasteiger partial charge in [-0.2, -0.15) is 0 Å². The van der Waals surface area contributed by atoms with Crippen LogP contribution in [-0.4, -0.2) is 0 Å². The molecule has 0 amide bonds. The molecule has 1 aliphatic rings. The number of hydrogen-bond acceptors (Lipinski definition) is 0. The smallest absolute Gasteiger partial charge is 0.129 e. The van der Waals surface area contributed by atoms with Gasteiger partial charge in [0, 0.05) is 0 Å². The molecule has 1 aliphatic carbocycles. The van der Waals surface area contributed by atoms with E-state index in [1.807, 2.05) is 13.0 Å². The zero-order chi connectivity index (χ0) is 12.3. The molecule has 0 aliphatic heterocycles. The van der Waals surface area contributed by atoms with Crippen LogP contribution in [0.1, 0.15) is 55.7 Å². The molecule has 0 nitrogen and oxygen atoms in total. The molecule has 94 valence electrons. The second-order valence-corrected chi connectivity index (χ2v) is 5.44. The highest BCUT2D eigenvalue weighted by Crippen LogP contribution is 2.31. The van der Waals surface area contributed by atoms with Gasteiger partial charge in [0.05, 0.1) is 0 Å². The fourth-order valence-corrected chi connectivity index (χ4v) is 2.93. The Bertz CT molecular complexity index is 381. The molecule has 0 radical (unpaired) electrons. The minimum Gasteiger partial charge on any atom is -0.206 e. The average Bonchev–Trinajstić information content (AvgIpc) is 2.34. The predicted octanol–water partition coefficient (Wildman–Crippen LogP) is 4.82. The van der Waals surface area contributed by atoms with Crippen LogP contribution >= 0.6 is 0 Å². The van der Waals surface area contributed by atoms with Crippen molar-refractivity contribution in [2.45, 2.75) is 58.8 Å². The molecule has 0 saturated carbocycles. The molecule has 0 saturated heterocycles. The topological polar surface area (TPSA) is 0 Å². The third-order valence-corrected chi connectivity index (χ3v) is 4.06. The van der Waals surface area contributed by atoms with Crippen molar-refractivity contribution in [3.63, 3.8) is 0 Å². The molecule has 1 unspecified atom stereocenters. The molecule has 17 heavy (non-hydrogen) atoms. The lowest BCUT2D eigenvalue weighted by molar-refractivity contribution is 0.401. The number of hydrogen-bond donors (Lipinski definition) is 0. The van der Waals surface area contributed by atoms with E-state index in [2.05, 4.69) is 13.0 Å². The van der Waals surface area contributed by atoms with Crippen molar-refractivity contribution >= 4 is 0 Å². The van der Waals surface area contributed by atoms with Crippen LogP contribution in [-0.2, 0) is 12.8 Å². The van der Waals surface area contributed by atoms with Crippen molar-refractivity contribution < 1.29 is 4.39 Å². The van der Waals surface area contributed by atoms with Crippen LogP contribution in [0.2, 0.25) is 0 Å². The fraction of sp³-hybridized carbons (Fsp3) is 0.625. The standard InChI is InChI=1S/C16H23F/c1-3-4-5-6-13-8-10-15-14(11-13)9-7-12(2)16(15)17/h7,9,13H,3-6,8,10-11H2,1-2H3. The van der Waals surface area contributed by atoms with Crippen molar-refractivity contribution in [2.24, 2.45) is 5.92 Å². The predicted molar refractivity (Wildman–Crippen MR) is 70.8 cm³/mol. The van der Waals surface area contributed by atoms with Gasteiger partial charge in [-0.15, -0.1) is 0 Å². The first-order valence-electron chi connectivity index (χ1n) is 6.99. The Morgan fingerprint density at radius 2 is 2.12 bits per heavy atom. The van der Waals surface area contributed by atoms with Crippen LogP contribution < -0.4 is 0 Å². The zero-order valence-corrected chi connectivity index (χ0v) is 11.1. The summed E-state index contributed by atoms with van der Waals surface area (Å²) in [7, 11) is 0. The molecule has 1 heteroatoms. The van der Waals surface area contributed by atoms with Crippen LogP contribution in [0.15, 0.2) is 12.1 Å². The summed E-state index contributed by atoms with van der Waals surface area (Å²) < 4.78 is 13.9. The molecule has 0 fully saturated rings. The van der Waals surface area contributed by atoms with Gasteiger partial charge >= 0.3 is 0 Å². The lowest BCUT2D eigenvalue weighted by Crippen LogP contribution is -2.16. The number of rotatable bonds is 4. The number of benzene rings is 1. The molecule has 0 heterocycles. The van der Waals surface area contributed by atoms with Crippen molar-refractivity contribution in [3.05, 3.63) is 34.6 Å². The highest BCUT2D eigenvalue weighted by molar-refractivity contribution is 5.35. The number of aryl methyl sites for hydroxylation is 1. The van der Waals surface area contributed by atoms with Gasteiger partial charge in [-0.3, -0.25) is 0 Å². The van der Waals surface area contributed by atoms with Gasteiger partial charge in [-0.25, -0.2) is 4.39 Å². The van der Waals surface area contributed by atoms with E-state index in [1.165, 1.54) is 37.7 Å². The molecule has 0 spiro atoms. The average molecular weight is 234 g/mol. The third-order valence-electron chi connectivity index (χ3n) is 4.06. The maximum absolute atomic E-state index is 13.9. The van der Waals surface area contributed by atoms with E-state index in [-0.39, 0.29) is 5.82 Å². The van der Waals surface area contributed by atoms with E-state index in [0.717, 1.165) is 29.9 Å². The van der Waals surface area contributed by atoms with E-state index < -0.39 is 0 Å². The SMILES string of the molecule is CCCCCC1CCc2c(ccc(C)c2F)C1. The minimum absolute atomic E-state index is 0.0505. The van der Waals surface area contributed by atoms with Crippen LogP contribution in [0, 0.1) is 18.7 Å². The van der Waals surface area contributed by atoms with Gasteiger partial charge < -0.3 is 0 Å². The van der Waals surface area contributed by atoms with Crippen molar-refractivity contribution in [1.82, 2.24) is 0 Å². The summed E-state index contributed by atoms with van der Waals surface area (Å²) in [5, 5.41) is 0. The lowest BCUT2D eigenvalue weighted by atomic mass is 9.80. The van der Waals surface area contributed by atoms with E-state index in [4.69, 9.17) is 0 Å². The molecular weight excluding hydrogens is 211 g/mol. The van der Waals surface area contributed by atoms with Crippen molar-refractivity contribution in [3.8, 4) is 0 Å². The molecule has 0 N–H and O–H groups in total. The Labute approximate surface area is 104 Å². The Hall–Kier alpha value is -0.850. The Balaban J connectivity index is 2.02. The number of fused-ring (bicyclic) bond motifs is 1. The summed E-state index contributed by atoms with van der Waals surface area (Å²) in [5.74, 6) is 0.839.